The van der Waals surface area contributed by atoms with Crippen LogP contribution in [-0.2, 0) is 16.1 Å². The molecule has 0 aromatic heterocycles. The third kappa shape index (κ3) is 3.43. The number of carbonyl (C=O) groups excluding carboxylic acids is 1. The van der Waals surface area contributed by atoms with Crippen LogP contribution in [0.15, 0.2) is 30.3 Å². The molecule has 1 aliphatic heterocycles. The van der Waals surface area contributed by atoms with Crippen LogP contribution in [-0.4, -0.2) is 29.6 Å². The fourth-order valence-electron chi connectivity index (χ4n) is 3.18. The van der Waals surface area contributed by atoms with Crippen molar-refractivity contribution < 1.29 is 9.53 Å². The van der Waals surface area contributed by atoms with E-state index in [-0.39, 0.29) is 24.0 Å². The summed E-state index contributed by atoms with van der Waals surface area (Å²) in [4.78, 5) is 13.9. The Morgan fingerprint density at radius 1 is 1.33 bits per heavy atom. The Labute approximate surface area is 126 Å². The molecule has 0 saturated carbocycles. The van der Waals surface area contributed by atoms with E-state index in [2.05, 4.69) is 30.0 Å². The molecule has 1 saturated heterocycles. The molecule has 1 fully saturated rings. The largest absolute Gasteiger partial charge is 0.466 e. The Balaban J connectivity index is 2.03. The van der Waals surface area contributed by atoms with Crippen LogP contribution in [0.3, 0.4) is 0 Å². The Hall–Kier alpha value is -1.86. The van der Waals surface area contributed by atoms with Gasteiger partial charge < -0.3 is 4.74 Å². The number of hydrogen-bond donors (Lipinski definition) is 0. The second-order valence-electron chi connectivity index (χ2n) is 5.38. The van der Waals surface area contributed by atoms with Crippen LogP contribution in [0.2, 0.25) is 0 Å². The smallest absolute Gasteiger partial charge is 0.306 e. The van der Waals surface area contributed by atoms with E-state index in [1.165, 1.54) is 5.56 Å². The molecule has 1 aliphatic rings. The molecule has 112 valence electrons. The van der Waals surface area contributed by atoms with Crippen LogP contribution in [0, 0.1) is 17.2 Å². The zero-order valence-electron chi connectivity index (χ0n) is 12.7. The maximum atomic E-state index is 11.7. The Kier molecular flexibility index (Phi) is 5.35. The number of nitriles is 1. The van der Waals surface area contributed by atoms with Crippen LogP contribution < -0.4 is 0 Å². The molecule has 0 unspecified atom stereocenters. The number of nitrogens with zero attached hydrogens (tertiary/aromatic N) is 2. The third-order valence-electron chi connectivity index (χ3n) is 4.15. The second-order valence-corrected chi connectivity index (χ2v) is 5.38. The van der Waals surface area contributed by atoms with Crippen molar-refractivity contribution in [3.8, 4) is 6.07 Å². The molecule has 3 atom stereocenters. The van der Waals surface area contributed by atoms with E-state index in [0.29, 0.717) is 13.0 Å². The number of hydrogen-bond acceptors (Lipinski definition) is 4. The van der Waals surface area contributed by atoms with Gasteiger partial charge >= 0.3 is 5.97 Å². The zero-order valence-corrected chi connectivity index (χ0v) is 12.7. The van der Waals surface area contributed by atoms with Gasteiger partial charge in [-0.3, -0.25) is 9.69 Å². The number of esters is 1. The predicted molar refractivity (Wildman–Crippen MR) is 80.2 cm³/mol. The Bertz CT molecular complexity index is 509. The maximum absolute atomic E-state index is 11.7. The van der Waals surface area contributed by atoms with Crippen molar-refractivity contribution in [1.82, 2.24) is 4.90 Å². The van der Waals surface area contributed by atoms with E-state index >= 15 is 0 Å². The highest BCUT2D eigenvalue weighted by Crippen LogP contribution is 2.38. The predicted octanol–water partition coefficient (Wildman–Crippen LogP) is 2.74. The lowest BCUT2D eigenvalue weighted by molar-refractivity contribution is -0.149. The second kappa shape index (κ2) is 7.24. The molecule has 0 N–H and O–H groups in total. The lowest BCUT2D eigenvalue weighted by Crippen LogP contribution is -2.62. The van der Waals surface area contributed by atoms with Gasteiger partial charge in [0.15, 0.2) is 0 Å². The number of carbonyl (C=O) groups is 1. The van der Waals surface area contributed by atoms with Gasteiger partial charge in [0.1, 0.15) is 6.04 Å². The summed E-state index contributed by atoms with van der Waals surface area (Å²) in [6.07, 6.45) is 1.28. The van der Waals surface area contributed by atoms with Crippen molar-refractivity contribution in [2.24, 2.45) is 5.92 Å². The summed E-state index contributed by atoms with van der Waals surface area (Å²) in [5.41, 5.74) is 1.20. The monoisotopic (exact) mass is 286 g/mol. The zero-order chi connectivity index (χ0) is 15.2. The highest BCUT2D eigenvalue weighted by molar-refractivity contribution is 5.70. The van der Waals surface area contributed by atoms with Gasteiger partial charge in [-0.25, -0.2) is 0 Å². The van der Waals surface area contributed by atoms with Crippen LogP contribution in [0.5, 0.6) is 0 Å². The lowest BCUT2D eigenvalue weighted by Gasteiger charge is -2.52. The molecule has 1 aromatic carbocycles. The Morgan fingerprint density at radius 2 is 2.05 bits per heavy atom. The molecule has 0 bridgehead atoms. The first-order valence-corrected chi connectivity index (χ1v) is 7.56. The molecule has 4 heteroatoms. The highest BCUT2D eigenvalue weighted by Gasteiger charge is 2.48. The van der Waals surface area contributed by atoms with Gasteiger partial charge in [0.2, 0.25) is 0 Å². The lowest BCUT2D eigenvalue weighted by atomic mass is 9.76. The van der Waals surface area contributed by atoms with Crippen molar-refractivity contribution in [1.29, 1.82) is 5.26 Å². The van der Waals surface area contributed by atoms with Gasteiger partial charge in [-0.15, -0.1) is 0 Å². The summed E-state index contributed by atoms with van der Waals surface area (Å²) >= 11 is 0. The minimum absolute atomic E-state index is 0.0859. The molecule has 0 amide bonds. The van der Waals surface area contributed by atoms with E-state index in [0.717, 1.165) is 13.0 Å². The first-order valence-electron chi connectivity index (χ1n) is 7.56. The fourth-order valence-corrected chi connectivity index (χ4v) is 3.18. The van der Waals surface area contributed by atoms with Gasteiger partial charge in [0, 0.05) is 18.5 Å². The van der Waals surface area contributed by atoms with Crippen LogP contribution in [0.25, 0.3) is 0 Å². The molecule has 0 spiro atoms. The van der Waals surface area contributed by atoms with Crippen molar-refractivity contribution >= 4 is 5.97 Å². The van der Waals surface area contributed by atoms with Crippen molar-refractivity contribution in [2.45, 2.75) is 45.3 Å². The minimum Gasteiger partial charge on any atom is -0.466 e. The summed E-state index contributed by atoms with van der Waals surface area (Å²) in [5.74, 6) is -0.108. The minimum atomic E-state index is -0.195. The van der Waals surface area contributed by atoms with Gasteiger partial charge in [0.25, 0.3) is 0 Å². The summed E-state index contributed by atoms with van der Waals surface area (Å²) in [6, 6.07) is 12.6. The van der Waals surface area contributed by atoms with Crippen molar-refractivity contribution in [3.05, 3.63) is 35.9 Å². The quantitative estimate of drug-likeness (QED) is 0.755. The number of ether oxygens (including phenoxy) is 1. The van der Waals surface area contributed by atoms with Crippen LogP contribution in [0.1, 0.15) is 32.3 Å². The fraction of sp³-hybridized carbons (Fsp3) is 0.529. The SMILES string of the molecule is CCOC(=O)C[C@@H]1[C@@H](C#N)N(Cc2ccccc2)[C@H]1CC. The highest BCUT2D eigenvalue weighted by atomic mass is 16.5. The van der Waals surface area contributed by atoms with Gasteiger partial charge in [-0.05, 0) is 18.9 Å². The first kappa shape index (κ1) is 15.5. The Morgan fingerprint density at radius 3 is 2.62 bits per heavy atom. The van der Waals surface area contributed by atoms with Crippen LogP contribution >= 0.6 is 0 Å². The molecule has 21 heavy (non-hydrogen) atoms. The average Bonchev–Trinajstić information content (AvgIpc) is 2.48. The standard InChI is InChI=1S/C17H22N2O2/c1-3-15-14(10-17(20)21-4-2)16(11-18)19(15)12-13-8-6-5-7-9-13/h5-9,14-16H,3-4,10,12H2,1-2H3/t14-,15-,16+/m0/s1. The molecular formula is C17H22N2O2. The molecule has 2 rings (SSSR count). The molecule has 1 heterocycles. The molecule has 0 radical (unpaired) electrons. The van der Waals surface area contributed by atoms with E-state index in [1.54, 1.807) is 6.92 Å². The van der Waals surface area contributed by atoms with Crippen molar-refractivity contribution in [2.75, 3.05) is 6.61 Å². The van der Waals surface area contributed by atoms with E-state index in [1.807, 2.05) is 18.2 Å². The van der Waals surface area contributed by atoms with Crippen molar-refractivity contribution in [3.63, 3.8) is 0 Å². The summed E-state index contributed by atoms with van der Waals surface area (Å²) in [7, 11) is 0. The van der Waals surface area contributed by atoms with Gasteiger partial charge in [-0.2, -0.15) is 5.26 Å². The topological polar surface area (TPSA) is 53.3 Å². The van der Waals surface area contributed by atoms with Crippen LogP contribution in [0.4, 0.5) is 0 Å². The van der Waals surface area contributed by atoms with E-state index < -0.39 is 0 Å². The normalized spacial score (nSPS) is 24.9. The third-order valence-corrected chi connectivity index (χ3v) is 4.15. The van der Waals surface area contributed by atoms with Gasteiger partial charge in [-0.1, -0.05) is 37.3 Å². The van der Waals surface area contributed by atoms with E-state index in [9.17, 15) is 10.1 Å². The number of benzene rings is 1. The molecule has 4 nitrogen and oxygen atoms in total. The van der Waals surface area contributed by atoms with E-state index in [4.69, 9.17) is 4.74 Å². The molecule has 0 aliphatic carbocycles. The number of rotatable bonds is 6. The molecule has 1 aromatic rings. The number of likely N-dealkylation sites (tertiary alicyclic amines) is 1. The summed E-state index contributed by atoms with van der Waals surface area (Å²) in [5, 5.41) is 9.42. The average molecular weight is 286 g/mol. The summed E-state index contributed by atoms with van der Waals surface area (Å²) < 4.78 is 5.02. The maximum Gasteiger partial charge on any atom is 0.306 e. The molecular weight excluding hydrogens is 264 g/mol. The first-order chi connectivity index (χ1) is 10.2. The summed E-state index contributed by atoms with van der Waals surface area (Å²) in [6.45, 7) is 5.07. The van der Waals surface area contributed by atoms with Gasteiger partial charge in [0.05, 0.1) is 19.1 Å².